The van der Waals surface area contributed by atoms with Crippen LogP contribution < -0.4 is 0 Å². The molecule has 10 heteroatoms. The monoisotopic (exact) mass is 746 g/mol. The topological polar surface area (TPSA) is 101 Å². The van der Waals surface area contributed by atoms with E-state index in [0.29, 0.717) is 36.3 Å². The fraction of sp³-hybridized carbons (Fsp3) is 0.455. The van der Waals surface area contributed by atoms with E-state index >= 15 is 0 Å². The van der Waals surface area contributed by atoms with E-state index in [2.05, 4.69) is 34.1 Å². The standard InChI is InChI=1S/C44H47ClN4O5/c45-29-11-14-37(50)35(23-29)38-32-12-13-33-39(43(53)48(41(33)51)30-15-19-46(20-16-30)25-27-7-3-1-4-8-27)34(32)24-36-40(38)44(54)49(42(36)52)31-17-21-47(22-18-31)26-28-9-5-2-6-10-28/h1-12,14,23,30-31,33-34,36,38-40,50H,13,15-22,24-26H2. The zero-order chi connectivity index (χ0) is 37.1. The molecule has 4 saturated heterocycles. The first-order chi connectivity index (χ1) is 26.3. The van der Waals surface area contributed by atoms with E-state index in [1.165, 1.54) is 16.0 Å². The highest BCUT2D eigenvalue weighted by molar-refractivity contribution is 6.30. The molecule has 9 rings (SSSR count). The molecule has 3 aromatic rings. The minimum absolute atomic E-state index is 0.0115. The maximum atomic E-state index is 14.6. The molecule has 4 heterocycles. The minimum Gasteiger partial charge on any atom is -0.508 e. The van der Waals surface area contributed by atoms with Crippen LogP contribution in [0, 0.1) is 29.6 Å². The molecule has 0 aromatic heterocycles. The van der Waals surface area contributed by atoms with Crippen LogP contribution in [0.25, 0.3) is 0 Å². The van der Waals surface area contributed by atoms with Gasteiger partial charge in [0.25, 0.3) is 0 Å². The number of hydrogen-bond donors (Lipinski definition) is 1. The molecule has 3 aromatic carbocycles. The van der Waals surface area contributed by atoms with Gasteiger partial charge in [-0.2, -0.15) is 0 Å². The Morgan fingerprint density at radius 3 is 1.69 bits per heavy atom. The highest BCUT2D eigenvalue weighted by Gasteiger charge is 2.63. The van der Waals surface area contributed by atoms with E-state index in [9.17, 15) is 24.3 Å². The van der Waals surface area contributed by atoms with Crippen LogP contribution in [-0.4, -0.2) is 86.6 Å². The van der Waals surface area contributed by atoms with E-state index in [-0.39, 0.29) is 41.5 Å². The van der Waals surface area contributed by atoms with Crippen molar-refractivity contribution in [1.29, 1.82) is 0 Å². The maximum absolute atomic E-state index is 14.6. The summed E-state index contributed by atoms with van der Waals surface area (Å²) in [4.78, 5) is 65.8. The van der Waals surface area contributed by atoms with Crippen LogP contribution >= 0.6 is 11.6 Å². The van der Waals surface area contributed by atoms with Gasteiger partial charge in [-0.15, -0.1) is 0 Å². The van der Waals surface area contributed by atoms with Crippen molar-refractivity contribution >= 4 is 35.2 Å². The highest BCUT2D eigenvalue weighted by atomic mass is 35.5. The molecule has 9 nitrogen and oxygen atoms in total. The van der Waals surface area contributed by atoms with Crippen LogP contribution in [-0.2, 0) is 32.3 Å². The lowest BCUT2D eigenvalue weighted by molar-refractivity contribution is -0.146. The Balaban J connectivity index is 0.969. The van der Waals surface area contributed by atoms with Crippen molar-refractivity contribution in [1.82, 2.24) is 19.6 Å². The van der Waals surface area contributed by atoms with Crippen LogP contribution in [0.15, 0.2) is 90.5 Å². The first kappa shape index (κ1) is 35.4. The van der Waals surface area contributed by atoms with Crippen molar-refractivity contribution in [2.45, 2.75) is 69.6 Å². The van der Waals surface area contributed by atoms with Crippen molar-refractivity contribution in [2.75, 3.05) is 26.2 Å². The summed E-state index contributed by atoms with van der Waals surface area (Å²) >= 11 is 6.53. The predicted molar refractivity (Wildman–Crippen MR) is 204 cm³/mol. The number of carbonyl (C=O) groups excluding carboxylic acids is 4. The summed E-state index contributed by atoms with van der Waals surface area (Å²) in [5, 5.41) is 11.7. The number of nitrogens with zero attached hydrogens (tertiary/aromatic N) is 4. The molecule has 6 unspecified atom stereocenters. The second-order valence-corrected chi connectivity index (χ2v) is 16.7. The Morgan fingerprint density at radius 2 is 1.13 bits per heavy atom. The lowest BCUT2D eigenvalue weighted by Gasteiger charge is -2.44. The number of allylic oxidation sites excluding steroid dienone is 2. The van der Waals surface area contributed by atoms with Gasteiger partial charge < -0.3 is 5.11 Å². The molecular formula is C44H47ClN4O5. The summed E-state index contributed by atoms with van der Waals surface area (Å²) in [7, 11) is 0. The van der Waals surface area contributed by atoms with Crippen LogP contribution in [0.5, 0.6) is 5.75 Å². The number of aromatic hydroxyl groups is 1. The number of phenols is 1. The van der Waals surface area contributed by atoms with Crippen molar-refractivity contribution in [3.05, 3.63) is 112 Å². The van der Waals surface area contributed by atoms with E-state index < -0.39 is 35.5 Å². The second-order valence-electron chi connectivity index (χ2n) is 16.3. The molecule has 0 radical (unpaired) electrons. The van der Waals surface area contributed by atoms with Crippen LogP contribution in [0.2, 0.25) is 5.02 Å². The van der Waals surface area contributed by atoms with Crippen molar-refractivity contribution in [2.24, 2.45) is 29.6 Å². The molecular weight excluding hydrogens is 700 g/mol. The zero-order valence-electron chi connectivity index (χ0n) is 30.4. The van der Waals surface area contributed by atoms with Crippen LogP contribution in [0.3, 0.4) is 0 Å². The number of imide groups is 2. The van der Waals surface area contributed by atoms with E-state index in [1.807, 2.05) is 42.5 Å². The second kappa shape index (κ2) is 14.4. The maximum Gasteiger partial charge on any atom is 0.234 e. The van der Waals surface area contributed by atoms with Crippen molar-refractivity contribution in [3.8, 4) is 5.75 Å². The van der Waals surface area contributed by atoms with E-state index in [0.717, 1.165) is 57.7 Å². The molecule has 5 fully saturated rings. The molecule has 280 valence electrons. The molecule has 1 saturated carbocycles. The molecule has 6 aliphatic rings. The largest absolute Gasteiger partial charge is 0.508 e. The number of carbonyl (C=O) groups is 4. The summed E-state index contributed by atoms with van der Waals surface area (Å²) in [6.07, 6.45) is 5.62. The SMILES string of the molecule is O=C1C2CC=C3C(CC4C(=O)N(C5CCN(Cc6ccccc6)CC5)C(=O)C4C3c3cc(Cl)ccc3O)C2C(=O)N1C1CCN(Cc2ccccc2)CC1. The Hall–Kier alpha value is -4.31. The van der Waals surface area contributed by atoms with Gasteiger partial charge in [-0.05, 0) is 73.8 Å². The lowest BCUT2D eigenvalue weighted by Crippen LogP contribution is -2.48. The minimum atomic E-state index is -0.708. The smallest absolute Gasteiger partial charge is 0.234 e. The number of halogens is 1. The quantitative estimate of drug-likeness (QED) is 0.234. The van der Waals surface area contributed by atoms with Gasteiger partial charge in [0.2, 0.25) is 23.6 Å². The number of rotatable bonds is 7. The van der Waals surface area contributed by atoms with E-state index in [1.54, 1.807) is 23.1 Å². The van der Waals surface area contributed by atoms with Gasteiger partial charge in [-0.1, -0.05) is 83.9 Å². The molecule has 0 bridgehead atoms. The first-order valence-electron chi connectivity index (χ1n) is 19.7. The summed E-state index contributed by atoms with van der Waals surface area (Å²) in [6.45, 7) is 4.82. The fourth-order valence-electron chi connectivity index (χ4n) is 10.8. The number of amides is 4. The van der Waals surface area contributed by atoms with E-state index in [4.69, 9.17) is 11.6 Å². The molecule has 4 amide bonds. The third kappa shape index (κ3) is 6.18. The summed E-state index contributed by atoms with van der Waals surface area (Å²) in [5.74, 6) is -4.07. The molecule has 4 aliphatic heterocycles. The van der Waals surface area contributed by atoms with Gasteiger partial charge in [-0.3, -0.25) is 38.8 Å². The number of likely N-dealkylation sites (tertiary alicyclic amines) is 4. The average molecular weight is 747 g/mol. The molecule has 54 heavy (non-hydrogen) atoms. The number of fused-ring (bicyclic) bond motifs is 4. The third-order valence-electron chi connectivity index (χ3n) is 13.4. The average Bonchev–Trinajstić information content (AvgIpc) is 3.60. The highest BCUT2D eigenvalue weighted by Crippen LogP contribution is 2.59. The van der Waals surface area contributed by atoms with Crippen LogP contribution in [0.1, 0.15) is 61.1 Å². The Kier molecular flexibility index (Phi) is 9.44. The van der Waals surface area contributed by atoms with Gasteiger partial charge in [0.15, 0.2) is 0 Å². The Bertz CT molecular complexity index is 1970. The number of piperidine rings is 2. The zero-order valence-corrected chi connectivity index (χ0v) is 31.2. The fourth-order valence-corrected chi connectivity index (χ4v) is 11.0. The van der Waals surface area contributed by atoms with Gasteiger partial charge in [0, 0.05) is 67.9 Å². The summed E-state index contributed by atoms with van der Waals surface area (Å²) < 4.78 is 0. The predicted octanol–water partition coefficient (Wildman–Crippen LogP) is 6.01. The van der Waals surface area contributed by atoms with Gasteiger partial charge in [0.05, 0.1) is 23.7 Å². The summed E-state index contributed by atoms with van der Waals surface area (Å²) in [5.41, 5.74) is 3.88. The summed E-state index contributed by atoms with van der Waals surface area (Å²) in [6, 6.07) is 25.2. The van der Waals surface area contributed by atoms with Gasteiger partial charge >= 0.3 is 0 Å². The number of hydrogen-bond acceptors (Lipinski definition) is 7. The first-order valence-corrected chi connectivity index (χ1v) is 20.1. The molecule has 2 aliphatic carbocycles. The number of benzene rings is 3. The molecule has 1 N–H and O–H groups in total. The van der Waals surface area contributed by atoms with Gasteiger partial charge in [-0.25, -0.2) is 0 Å². The van der Waals surface area contributed by atoms with Gasteiger partial charge in [0.1, 0.15) is 5.75 Å². The Labute approximate surface area is 321 Å². The van der Waals surface area contributed by atoms with Crippen molar-refractivity contribution < 1.29 is 24.3 Å². The van der Waals surface area contributed by atoms with Crippen LogP contribution in [0.4, 0.5) is 0 Å². The number of phenolic OH excluding ortho intramolecular Hbond substituents is 1. The third-order valence-corrected chi connectivity index (χ3v) is 13.6. The molecule has 0 spiro atoms. The lowest BCUT2D eigenvalue weighted by atomic mass is 9.57. The molecule has 6 atom stereocenters. The Morgan fingerprint density at radius 1 is 0.611 bits per heavy atom. The van der Waals surface area contributed by atoms with Crippen molar-refractivity contribution in [3.63, 3.8) is 0 Å². The normalized spacial score (nSPS) is 29.7.